The van der Waals surface area contributed by atoms with Crippen LogP contribution in [0.2, 0.25) is 0 Å². The van der Waals surface area contributed by atoms with Crippen molar-refractivity contribution in [1.29, 1.82) is 0 Å². The molecular weight excluding hydrogens is 262 g/mol. The number of hydrogen-bond acceptors (Lipinski definition) is 4. The summed E-state index contributed by atoms with van der Waals surface area (Å²) in [5.41, 5.74) is 0.0604. The number of nitrogens with zero attached hydrogens (tertiary/aromatic N) is 2. The average Bonchev–Trinajstić information content (AvgIpc) is 2.45. The zero-order valence-electron chi connectivity index (χ0n) is 11.6. The Balaban J connectivity index is 2.71. The molecule has 1 aromatic rings. The molecule has 0 aliphatic heterocycles. The Bertz CT molecular complexity index is 513. The Morgan fingerprint density at radius 3 is 2.50 bits per heavy atom. The molecule has 0 spiro atoms. The molecule has 1 unspecified atom stereocenters. The molecule has 0 fully saturated rings. The SMILES string of the molecule is CCN(C)C(=O)C(C)NC(=O)c1ccc(C(=O)O)cn1. The molecule has 0 saturated carbocycles. The van der Waals surface area contributed by atoms with E-state index in [1.807, 2.05) is 6.92 Å². The summed E-state index contributed by atoms with van der Waals surface area (Å²) in [6.07, 6.45) is 1.10. The van der Waals surface area contributed by atoms with Crippen molar-refractivity contribution < 1.29 is 19.5 Å². The summed E-state index contributed by atoms with van der Waals surface area (Å²) in [5, 5.41) is 11.2. The van der Waals surface area contributed by atoms with E-state index in [0.29, 0.717) is 6.54 Å². The van der Waals surface area contributed by atoms with Gasteiger partial charge >= 0.3 is 5.97 Å². The first-order valence-electron chi connectivity index (χ1n) is 6.12. The molecule has 0 aliphatic carbocycles. The molecule has 0 bridgehead atoms. The Hall–Kier alpha value is -2.44. The minimum absolute atomic E-state index is 0.00334. The van der Waals surface area contributed by atoms with E-state index in [2.05, 4.69) is 10.3 Å². The number of likely N-dealkylation sites (N-methyl/N-ethyl adjacent to an activating group) is 1. The Morgan fingerprint density at radius 2 is 2.05 bits per heavy atom. The van der Waals surface area contributed by atoms with Crippen LogP contribution in [0.5, 0.6) is 0 Å². The van der Waals surface area contributed by atoms with E-state index in [1.54, 1.807) is 14.0 Å². The molecule has 1 rings (SSSR count). The lowest BCUT2D eigenvalue weighted by Gasteiger charge is -2.20. The molecule has 7 nitrogen and oxygen atoms in total. The highest BCUT2D eigenvalue weighted by molar-refractivity contribution is 5.96. The molecule has 2 amide bonds. The average molecular weight is 279 g/mol. The van der Waals surface area contributed by atoms with Crippen LogP contribution < -0.4 is 5.32 Å². The monoisotopic (exact) mass is 279 g/mol. The number of aromatic carboxylic acids is 1. The number of carboxylic acids is 1. The maximum absolute atomic E-state index is 11.9. The fourth-order valence-electron chi connectivity index (χ4n) is 1.47. The van der Waals surface area contributed by atoms with Gasteiger partial charge in [0.2, 0.25) is 5.91 Å². The van der Waals surface area contributed by atoms with Crippen molar-refractivity contribution in [3.05, 3.63) is 29.6 Å². The fourth-order valence-corrected chi connectivity index (χ4v) is 1.47. The van der Waals surface area contributed by atoms with Gasteiger partial charge in [-0.1, -0.05) is 0 Å². The Labute approximate surface area is 116 Å². The van der Waals surface area contributed by atoms with Crippen molar-refractivity contribution in [2.24, 2.45) is 0 Å². The molecule has 1 heterocycles. The van der Waals surface area contributed by atoms with Gasteiger partial charge in [-0.2, -0.15) is 0 Å². The molecule has 0 radical (unpaired) electrons. The summed E-state index contributed by atoms with van der Waals surface area (Å²) < 4.78 is 0. The highest BCUT2D eigenvalue weighted by atomic mass is 16.4. The maximum atomic E-state index is 11.9. The standard InChI is InChI=1S/C13H17N3O4/c1-4-16(3)12(18)8(2)15-11(17)10-6-5-9(7-14-10)13(19)20/h5-8H,4H2,1-3H3,(H,15,17)(H,19,20). The van der Waals surface area contributed by atoms with Crippen molar-refractivity contribution in [3.8, 4) is 0 Å². The van der Waals surface area contributed by atoms with Gasteiger partial charge in [-0.3, -0.25) is 14.6 Å². The van der Waals surface area contributed by atoms with Crippen LogP contribution in [-0.2, 0) is 4.79 Å². The topological polar surface area (TPSA) is 99.6 Å². The quantitative estimate of drug-likeness (QED) is 0.811. The van der Waals surface area contributed by atoms with Crippen molar-refractivity contribution in [1.82, 2.24) is 15.2 Å². The number of carboxylic acid groups (broad SMARTS) is 1. The van der Waals surface area contributed by atoms with E-state index in [1.165, 1.54) is 17.0 Å². The van der Waals surface area contributed by atoms with E-state index in [-0.39, 0.29) is 17.2 Å². The number of pyridine rings is 1. The van der Waals surface area contributed by atoms with Crippen LogP contribution in [0.3, 0.4) is 0 Å². The van der Waals surface area contributed by atoms with Crippen LogP contribution in [0.25, 0.3) is 0 Å². The first-order chi connectivity index (χ1) is 9.36. The van der Waals surface area contributed by atoms with Crippen molar-refractivity contribution >= 4 is 17.8 Å². The van der Waals surface area contributed by atoms with Crippen LogP contribution in [0.4, 0.5) is 0 Å². The molecule has 7 heteroatoms. The second-order valence-electron chi connectivity index (χ2n) is 4.28. The van der Waals surface area contributed by atoms with Gasteiger partial charge in [0.15, 0.2) is 0 Å². The van der Waals surface area contributed by atoms with Gasteiger partial charge < -0.3 is 15.3 Å². The number of carbonyl (C=O) groups is 3. The molecule has 0 aromatic carbocycles. The van der Waals surface area contributed by atoms with Gasteiger partial charge in [0, 0.05) is 19.8 Å². The molecule has 0 aliphatic rings. The number of rotatable bonds is 5. The predicted octanol–water partition coefficient (Wildman–Crippen LogP) is 0.376. The first kappa shape index (κ1) is 15.6. The van der Waals surface area contributed by atoms with Crippen LogP contribution in [0.15, 0.2) is 18.3 Å². The number of nitrogens with one attached hydrogen (secondary N) is 1. The van der Waals surface area contributed by atoms with Gasteiger partial charge in [-0.25, -0.2) is 4.79 Å². The fraction of sp³-hybridized carbons (Fsp3) is 0.385. The van der Waals surface area contributed by atoms with Crippen molar-refractivity contribution in [3.63, 3.8) is 0 Å². The molecular formula is C13H17N3O4. The number of aromatic nitrogens is 1. The molecule has 108 valence electrons. The van der Waals surface area contributed by atoms with Gasteiger partial charge in [-0.15, -0.1) is 0 Å². The summed E-state index contributed by atoms with van der Waals surface area (Å²) in [7, 11) is 1.64. The Kier molecular flexibility index (Phi) is 5.19. The van der Waals surface area contributed by atoms with Crippen LogP contribution in [0, 0.1) is 0 Å². The lowest BCUT2D eigenvalue weighted by atomic mass is 10.2. The first-order valence-corrected chi connectivity index (χ1v) is 6.12. The summed E-state index contributed by atoms with van der Waals surface area (Å²) in [4.78, 5) is 39.6. The number of amides is 2. The zero-order chi connectivity index (χ0) is 15.3. The minimum atomic E-state index is -1.11. The highest BCUT2D eigenvalue weighted by Gasteiger charge is 2.19. The van der Waals surface area contributed by atoms with Crippen LogP contribution in [-0.4, -0.2) is 52.4 Å². The van der Waals surface area contributed by atoms with E-state index in [4.69, 9.17) is 5.11 Å². The van der Waals surface area contributed by atoms with E-state index in [0.717, 1.165) is 6.20 Å². The van der Waals surface area contributed by atoms with E-state index in [9.17, 15) is 14.4 Å². The molecule has 0 saturated heterocycles. The molecule has 1 atom stereocenters. The third kappa shape index (κ3) is 3.78. The summed E-state index contributed by atoms with van der Waals surface area (Å²) in [6, 6.07) is 1.92. The van der Waals surface area contributed by atoms with E-state index >= 15 is 0 Å². The molecule has 1 aromatic heterocycles. The van der Waals surface area contributed by atoms with Crippen molar-refractivity contribution in [2.75, 3.05) is 13.6 Å². The number of carbonyl (C=O) groups excluding carboxylic acids is 2. The minimum Gasteiger partial charge on any atom is -0.478 e. The number of hydrogen-bond donors (Lipinski definition) is 2. The normalized spacial score (nSPS) is 11.6. The van der Waals surface area contributed by atoms with Crippen LogP contribution >= 0.6 is 0 Å². The van der Waals surface area contributed by atoms with Crippen LogP contribution in [0.1, 0.15) is 34.7 Å². The Morgan fingerprint density at radius 1 is 1.40 bits per heavy atom. The van der Waals surface area contributed by atoms with Gasteiger partial charge in [-0.05, 0) is 26.0 Å². The maximum Gasteiger partial charge on any atom is 0.337 e. The molecule has 20 heavy (non-hydrogen) atoms. The molecule has 2 N–H and O–H groups in total. The predicted molar refractivity (Wildman–Crippen MR) is 71.4 cm³/mol. The highest BCUT2D eigenvalue weighted by Crippen LogP contribution is 2.01. The summed E-state index contributed by atoms with van der Waals surface area (Å²) in [6.45, 7) is 3.96. The summed E-state index contributed by atoms with van der Waals surface area (Å²) in [5.74, 6) is -1.84. The lowest BCUT2D eigenvalue weighted by Crippen LogP contribution is -2.45. The van der Waals surface area contributed by atoms with Gasteiger partial charge in [0.05, 0.1) is 5.56 Å². The lowest BCUT2D eigenvalue weighted by molar-refractivity contribution is -0.131. The van der Waals surface area contributed by atoms with E-state index < -0.39 is 17.9 Å². The van der Waals surface area contributed by atoms with Gasteiger partial charge in [0.25, 0.3) is 5.91 Å². The smallest absolute Gasteiger partial charge is 0.337 e. The third-order valence-electron chi connectivity index (χ3n) is 2.81. The summed E-state index contributed by atoms with van der Waals surface area (Å²) >= 11 is 0. The van der Waals surface area contributed by atoms with Gasteiger partial charge in [0.1, 0.15) is 11.7 Å². The van der Waals surface area contributed by atoms with Crippen molar-refractivity contribution in [2.45, 2.75) is 19.9 Å². The third-order valence-corrected chi connectivity index (χ3v) is 2.81. The zero-order valence-corrected chi connectivity index (χ0v) is 11.6. The second kappa shape index (κ2) is 6.65. The largest absolute Gasteiger partial charge is 0.478 e. The second-order valence-corrected chi connectivity index (χ2v) is 4.28.